The van der Waals surface area contributed by atoms with Crippen LogP contribution in [0.25, 0.3) is 0 Å². The van der Waals surface area contributed by atoms with Gasteiger partial charge in [-0.15, -0.1) is 0 Å². The predicted molar refractivity (Wildman–Crippen MR) is 87.0 cm³/mol. The van der Waals surface area contributed by atoms with Gasteiger partial charge >= 0.3 is 0 Å². The van der Waals surface area contributed by atoms with E-state index in [0.717, 1.165) is 6.54 Å². The molecule has 0 bridgehead atoms. The van der Waals surface area contributed by atoms with Crippen molar-refractivity contribution in [1.82, 2.24) is 10.2 Å². The van der Waals surface area contributed by atoms with Gasteiger partial charge in [-0.3, -0.25) is 0 Å². The first kappa shape index (κ1) is 15.5. The summed E-state index contributed by atoms with van der Waals surface area (Å²) in [5.74, 6) is 0. The quantitative estimate of drug-likeness (QED) is 0.852. The molecule has 2 nitrogen and oxygen atoms in total. The molecule has 0 saturated carbocycles. The lowest BCUT2D eigenvalue weighted by atomic mass is 9.75. The fourth-order valence-corrected chi connectivity index (χ4v) is 3.61. The number of piperidine rings is 1. The Kier molecular flexibility index (Phi) is 5.62. The maximum absolute atomic E-state index is 3.51. The van der Waals surface area contributed by atoms with E-state index in [4.69, 9.17) is 0 Å². The molecular formula is C18H30N2. The molecule has 1 aromatic rings. The molecule has 0 aliphatic carbocycles. The minimum Gasteiger partial charge on any atom is -0.317 e. The molecule has 0 spiro atoms. The lowest BCUT2D eigenvalue weighted by Crippen LogP contribution is -2.43. The van der Waals surface area contributed by atoms with E-state index in [1.165, 1.54) is 56.4 Å². The van der Waals surface area contributed by atoms with Crippen LogP contribution in [0.15, 0.2) is 24.3 Å². The van der Waals surface area contributed by atoms with Crippen LogP contribution in [0.2, 0.25) is 0 Å². The third-order valence-corrected chi connectivity index (χ3v) is 4.62. The zero-order valence-electron chi connectivity index (χ0n) is 13.4. The Morgan fingerprint density at radius 2 is 1.80 bits per heavy atom. The van der Waals surface area contributed by atoms with E-state index in [1.54, 1.807) is 0 Å². The Morgan fingerprint density at radius 3 is 2.40 bits per heavy atom. The second kappa shape index (κ2) is 7.24. The number of hydrogen-bond donors (Lipinski definition) is 1. The number of nitrogens with one attached hydrogen (secondary N) is 1. The summed E-state index contributed by atoms with van der Waals surface area (Å²) in [7, 11) is 2.28. The Morgan fingerprint density at radius 1 is 1.15 bits per heavy atom. The van der Waals surface area contributed by atoms with Gasteiger partial charge in [0.15, 0.2) is 0 Å². The average molecular weight is 274 g/mol. The van der Waals surface area contributed by atoms with Gasteiger partial charge < -0.3 is 10.2 Å². The molecule has 2 rings (SSSR count). The van der Waals surface area contributed by atoms with E-state index in [-0.39, 0.29) is 0 Å². The first-order valence-electron chi connectivity index (χ1n) is 8.08. The molecule has 0 atom stereocenters. The molecule has 1 aliphatic rings. The van der Waals surface area contributed by atoms with E-state index in [2.05, 4.69) is 55.4 Å². The highest BCUT2D eigenvalue weighted by atomic mass is 15.1. The van der Waals surface area contributed by atoms with Crippen LogP contribution in [0.1, 0.15) is 43.7 Å². The molecule has 1 N–H and O–H groups in total. The number of hydrogen-bond acceptors (Lipinski definition) is 2. The van der Waals surface area contributed by atoms with E-state index in [1.807, 2.05) is 0 Å². The molecule has 0 amide bonds. The van der Waals surface area contributed by atoms with Crippen LogP contribution in [-0.2, 0) is 6.54 Å². The molecule has 112 valence electrons. The molecule has 1 saturated heterocycles. The minimum absolute atomic E-state index is 0.541. The van der Waals surface area contributed by atoms with Gasteiger partial charge in [0, 0.05) is 13.1 Å². The number of rotatable bonds is 6. The molecule has 20 heavy (non-hydrogen) atoms. The van der Waals surface area contributed by atoms with E-state index in [9.17, 15) is 0 Å². The van der Waals surface area contributed by atoms with Gasteiger partial charge in [0.1, 0.15) is 0 Å². The highest BCUT2D eigenvalue weighted by molar-refractivity contribution is 5.21. The van der Waals surface area contributed by atoms with Gasteiger partial charge in [0.2, 0.25) is 0 Å². The molecule has 1 fully saturated rings. The normalized spacial score (nSPS) is 18.4. The van der Waals surface area contributed by atoms with E-state index in [0.29, 0.717) is 5.41 Å². The zero-order chi connectivity index (χ0) is 14.4. The van der Waals surface area contributed by atoms with Crippen molar-refractivity contribution in [3.05, 3.63) is 35.4 Å². The van der Waals surface area contributed by atoms with Crippen LogP contribution in [-0.4, -0.2) is 31.6 Å². The number of benzene rings is 1. The topological polar surface area (TPSA) is 15.3 Å². The SMILES string of the molecule is CCCC1(CN(C)Cc2ccc(C)cc2)CCNCC1. The van der Waals surface area contributed by atoms with Crippen LogP contribution in [0.5, 0.6) is 0 Å². The summed E-state index contributed by atoms with van der Waals surface area (Å²) in [4.78, 5) is 2.52. The standard InChI is InChI=1S/C18H30N2/c1-4-9-18(10-12-19-13-11-18)15-20(3)14-17-7-5-16(2)6-8-17/h5-8,19H,4,9-15H2,1-3H3. The molecule has 2 heteroatoms. The summed E-state index contributed by atoms with van der Waals surface area (Å²) in [6, 6.07) is 8.96. The van der Waals surface area contributed by atoms with Crippen molar-refractivity contribution in [2.45, 2.75) is 46.1 Å². The van der Waals surface area contributed by atoms with Crippen LogP contribution >= 0.6 is 0 Å². The van der Waals surface area contributed by atoms with Crippen LogP contribution in [0.3, 0.4) is 0 Å². The van der Waals surface area contributed by atoms with Gasteiger partial charge in [-0.25, -0.2) is 0 Å². The lowest BCUT2D eigenvalue weighted by molar-refractivity contribution is 0.112. The third-order valence-electron chi connectivity index (χ3n) is 4.62. The Bertz CT molecular complexity index is 385. The highest BCUT2D eigenvalue weighted by Gasteiger charge is 2.32. The van der Waals surface area contributed by atoms with Crippen LogP contribution in [0.4, 0.5) is 0 Å². The number of aryl methyl sites for hydroxylation is 1. The van der Waals surface area contributed by atoms with Crippen LogP contribution < -0.4 is 5.32 Å². The minimum atomic E-state index is 0.541. The van der Waals surface area contributed by atoms with Crippen molar-refractivity contribution in [3.63, 3.8) is 0 Å². The van der Waals surface area contributed by atoms with E-state index >= 15 is 0 Å². The fraction of sp³-hybridized carbons (Fsp3) is 0.667. The zero-order valence-corrected chi connectivity index (χ0v) is 13.4. The molecule has 1 aromatic carbocycles. The fourth-order valence-electron chi connectivity index (χ4n) is 3.61. The van der Waals surface area contributed by atoms with Gasteiger partial charge in [0.25, 0.3) is 0 Å². The summed E-state index contributed by atoms with van der Waals surface area (Å²) in [5, 5.41) is 3.51. The monoisotopic (exact) mass is 274 g/mol. The van der Waals surface area contributed by atoms with Crippen molar-refractivity contribution < 1.29 is 0 Å². The van der Waals surface area contributed by atoms with Gasteiger partial charge in [-0.05, 0) is 57.3 Å². The highest BCUT2D eigenvalue weighted by Crippen LogP contribution is 2.34. The van der Waals surface area contributed by atoms with Gasteiger partial charge in [0.05, 0.1) is 0 Å². The van der Waals surface area contributed by atoms with Crippen molar-refractivity contribution >= 4 is 0 Å². The average Bonchev–Trinajstić information content (AvgIpc) is 2.42. The van der Waals surface area contributed by atoms with Crippen molar-refractivity contribution in [3.8, 4) is 0 Å². The number of nitrogens with zero attached hydrogens (tertiary/aromatic N) is 1. The molecule has 1 heterocycles. The Balaban J connectivity index is 1.93. The second-order valence-corrected chi connectivity index (χ2v) is 6.66. The smallest absolute Gasteiger partial charge is 0.0230 e. The Labute approximate surface area is 124 Å². The van der Waals surface area contributed by atoms with Gasteiger partial charge in [-0.2, -0.15) is 0 Å². The molecular weight excluding hydrogens is 244 g/mol. The van der Waals surface area contributed by atoms with Gasteiger partial charge in [-0.1, -0.05) is 43.2 Å². The van der Waals surface area contributed by atoms with Crippen molar-refractivity contribution in [2.24, 2.45) is 5.41 Å². The molecule has 0 radical (unpaired) electrons. The summed E-state index contributed by atoms with van der Waals surface area (Å²) in [6.07, 6.45) is 5.34. The largest absolute Gasteiger partial charge is 0.317 e. The second-order valence-electron chi connectivity index (χ2n) is 6.66. The summed E-state index contributed by atoms with van der Waals surface area (Å²) in [5.41, 5.74) is 3.32. The lowest BCUT2D eigenvalue weighted by Gasteiger charge is -2.40. The summed E-state index contributed by atoms with van der Waals surface area (Å²) >= 11 is 0. The van der Waals surface area contributed by atoms with Crippen molar-refractivity contribution in [2.75, 3.05) is 26.7 Å². The molecule has 0 aromatic heterocycles. The first-order chi connectivity index (χ1) is 9.63. The maximum Gasteiger partial charge on any atom is 0.0230 e. The predicted octanol–water partition coefficient (Wildman–Crippen LogP) is 3.60. The summed E-state index contributed by atoms with van der Waals surface area (Å²) in [6.45, 7) is 9.16. The van der Waals surface area contributed by atoms with E-state index < -0.39 is 0 Å². The van der Waals surface area contributed by atoms with Crippen molar-refractivity contribution in [1.29, 1.82) is 0 Å². The first-order valence-corrected chi connectivity index (χ1v) is 8.08. The molecule has 0 unspecified atom stereocenters. The maximum atomic E-state index is 3.51. The Hall–Kier alpha value is -0.860. The third kappa shape index (κ3) is 4.32. The summed E-state index contributed by atoms with van der Waals surface area (Å²) < 4.78 is 0. The molecule has 1 aliphatic heterocycles. The van der Waals surface area contributed by atoms with Crippen LogP contribution in [0, 0.1) is 12.3 Å².